The number of aliphatic hydroxyl groups is 1. The first-order valence-corrected chi connectivity index (χ1v) is 5.30. The third kappa shape index (κ3) is 1.28. The molecule has 0 aromatic carbocycles. The molecule has 2 aliphatic carbocycles. The van der Waals surface area contributed by atoms with Crippen LogP contribution in [0.4, 0.5) is 0 Å². The van der Waals surface area contributed by atoms with Crippen molar-refractivity contribution in [2.45, 2.75) is 52.1 Å². The molecule has 2 fully saturated rings. The number of hydrogen-bond acceptors (Lipinski definition) is 1. The highest BCUT2D eigenvalue weighted by atomic mass is 16.3. The van der Waals surface area contributed by atoms with Crippen molar-refractivity contribution in [1.82, 2.24) is 0 Å². The Morgan fingerprint density at radius 3 is 2.08 bits per heavy atom. The van der Waals surface area contributed by atoms with Gasteiger partial charge in [-0.05, 0) is 42.9 Å². The van der Waals surface area contributed by atoms with Crippen LogP contribution in [0.3, 0.4) is 0 Å². The van der Waals surface area contributed by atoms with Gasteiger partial charge < -0.3 is 5.11 Å². The highest BCUT2D eigenvalue weighted by Gasteiger charge is 2.45. The van der Waals surface area contributed by atoms with E-state index in [2.05, 4.69) is 13.8 Å². The van der Waals surface area contributed by atoms with Crippen LogP contribution in [-0.4, -0.2) is 11.2 Å². The Morgan fingerprint density at radius 2 is 1.75 bits per heavy atom. The van der Waals surface area contributed by atoms with Gasteiger partial charge in [-0.2, -0.15) is 0 Å². The van der Waals surface area contributed by atoms with Gasteiger partial charge in [0.1, 0.15) is 0 Å². The maximum absolute atomic E-state index is 10.1. The molecule has 0 heterocycles. The number of aliphatic hydroxyl groups excluding tert-OH is 1. The maximum atomic E-state index is 10.1. The van der Waals surface area contributed by atoms with Gasteiger partial charge in [-0.3, -0.25) is 0 Å². The Labute approximate surface area is 75.2 Å². The molecule has 2 saturated carbocycles. The standard InChI is InChI=1S/C11H20O/c1-11(2,9-4-3-5-9)10(12)8-6-7-8/h8-10,12H,3-7H2,1-2H3. The highest BCUT2D eigenvalue weighted by Crippen LogP contribution is 2.49. The monoisotopic (exact) mass is 168 g/mol. The summed E-state index contributed by atoms with van der Waals surface area (Å²) in [6, 6.07) is 0. The largest absolute Gasteiger partial charge is 0.392 e. The minimum atomic E-state index is -0.0252. The fraction of sp³-hybridized carbons (Fsp3) is 1.00. The van der Waals surface area contributed by atoms with Gasteiger partial charge in [-0.1, -0.05) is 20.3 Å². The summed E-state index contributed by atoms with van der Waals surface area (Å²) in [5.41, 5.74) is 0.194. The fourth-order valence-electron chi connectivity index (χ4n) is 2.41. The Hall–Kier alpha value is -0.0400. The molecule has 1 N–H and O–H groups in total. The summed E-state index contributed by atoms with van der Waals surface area (Å²) in [5, 5.41) is 10.1. The lowest BCUT2D eigenvalue weighted by atomic mass is 9.64. The van der Waals surface area contributed by atoms with E-state index in [-0.39, 0.29) is 11.5 Å². The molecule has 0 aromatic heterocycles. The van der Waals surface area contributed by atoms with Crippen LogP contribution in [-0.2, 0) is 0 Å². The van der Waals surface area contributed by atoms with E-state index in [1.807, 2.05) is 0 Å². The lowest BCUT2D eigenvalue weighted by Crippen LogP contribution is -2.41. The van der Waals surface area contributed by atoms with Crippen LogP contribution in [0.1, 0.15) is 46.0 Å². The first kappa shape index (κ1) is 8.55. The summed E-state index contributed by atoms with van der Waals surface area (Å²) in [6.07, 6.45) is 6.57. The molecule has 0 aliphatic heterocycles. The molecule has 2 rings (SSSR count). The molecule has 0 saturated heterocycles. The molecule has 1 nitrogen and oxygen atoms in total. The Balaban J connectivity index is 1.96. The Morgan fingerprint density at radius 1 is 1.17 bits per heavy atom. The molecule has 2 aliphatic rings. The van der Waals surface area contributed by atoms with E-state index in [9.17, 15) is 5.11 Å². The lowest BCUT2D eigenvalue weighted by Gasteiger charge is -2.43. The third-order valence-electron chi connectivity index (χ3n) is 3.99. The smallest absolute Gasteiger partial charge is 0.0621 e. The highest BCUT2D eigenvalue weighted by molar-refractivity contribution is 4.95. The van der Waals surface area contributed by atoms with Crippen molar-refractivity contribution >= 4 is 0 Å². The predicted molar refractivity (Wildman–Crippen MR) is 49.9 cm³/mol. The first-order valence-electron chi connectivity index (χ1n) is 5.30. The second-order valence-electron chi connectivity index (χ2n) is 5.23. The van der Waals surface area contributed by atoms with Gasteiger partial charge in [0.05, 0.1) is 6.10 Å². The Kier molecular flexibility index (Phi) is 1.95. The third-order valence-corrected chi connectivity index (χ3v) is 3.99. The van der Waals surface area contributed by atoms with Crippen molar-refractivity contribution in [2.24, 2.45) is 17.3 Å². The predicted octanol–water partition coefficient (Wildman–Crippen LogP) is 2.58. The summed E-state index contributed by atoms with van der Waals surface area (Å²) in [6.45, 7) is 4.50. The molecule has 0 spiro atoms. The van der Waals surface area contributed by atoms with Crippen LogP contribution in [0.2, 0.25) is 0 Å². The zero-order valence-electron chi connectivity index (χ0n) is 8.21. The number of rotatable bonds is 3. The fourth-order valence-corrected chi connectivity index (χ4v) is 2.41. The van der Waals surface area contributed by atoms with E-state index >= 15 is 0 Å². The van der Waals surface area contributed by atoms with Crippen LogP contribution >= 0.6 is 0 Å². The van der Waals surface area contributed by atoms with Crippen molar-refractivity contribution in [1.29, 1.82) is 0 Å². The van der Waals surface area contributed by atoms with E-state index in [4.69, 9.17) is 0 Å². The topological polar surface area (TPSA) is 20.2 Å². The molecule has 1 heteroatoms. The molecule has 0 aromatic rings. The zero-order chi connectivity index (χ0) is 8.77. The van der Waals surface area contributed by atoms with E-state index in [1.54, 1.807) is 0 Å². The average molecular weight is 168 g/mol. The van der Waals surface area contributed by atoms with E-state index < -0.39 is 0 Å². The zero-order valence-corrected chi connectivity index (χ0v) is 8.21. The molecule has 0 amide bonds. The lowest BCUT2D eigenvalue weighted by molar-refractivity contribution is -0.0347. The quantitative estimate of drug-likeness (QED) is 0.686. The molecule has 12 heavy (non-hydrogen) atoms. The summed E-state index contributed by atoms with van der Waals surface area (Å²) >= 11 is 0. The average Bonchev–Trinajstić information content (AvgIpc) is 2.61. The van der Waals surface area contributed by atoms with E-state index in [1.165, 1.54) is 32.1 Å². The Bertz CT molecular complexity index is 166. The molecule has 70 valence electrons. The second kappa shape index (κ2) is 2.73. The van der Waals surface area contributed by atoms with Gasteiger partial charge in [0.25, 0.3) is 0 Å². The van der Waals surface area contributed by atoms with Gasteiger partial charge in [0.15, 0.2) is 0 Å². The normalized spacial score (nSPS) is 28.2. The van der Waals surface area contributed by atoms with Crippen molar-refractivity contribution in [3.63, 3.8) is 0 Å². The van der Waals surface area contributed by atoms with Crippen LogP contribution in [0.25, 0.3) is 0 Å². The van der Waals surface area contributed by atoms with Gasteiger partial charge in [0.2, 0.25) is 0 Å². The molecular weight excluding hydrogens is 148 g/mol. The van der Waals surface area contributed by atoms with Crippen LogP contribution in [0.15, 0.2) is 0 Å². The molecule has 1 atom stereocenters. The van der Waals surface area contributed by atoms with Crippen LogP contribution in [0.5, 0.6) is 0 Å². The van der Waals surface area contributed by atoms with E-state index in [0.29, 0.717) is 5.92 Å². The SMILES string of the molecule is CC(C)(C1CCC1)C(O)C1CC1. The molecule has 1 unspecified atom stereocenters. The van der Waals surface area contributed by atoms with Crippen molar-refractivity contribution in [3.8, 4) is 0 Å². The summed E-state index contributed by atoms with van der Waals surface area (Å²) in [5.74, 6) is 1.44. The summed E-state index contributed by atoms with van der Waals surface area (Å²) < 4.78 is 0. The molecule has 0 radical (unpaired) electrons. The summed E-state index contributed by atoms with van der Waals surface area (Å²) in [4.78, 5) is 0. The van der Waals surface area contributed by atoms with Crippen LogP contribution in [0, 0.1) is 17.3 Å². The minimum Gasteiger partial charge on any atom is -0.392 e. The van der Waals surface area contributed by atoms with Gasteiger partial charge in [0, 0.05) is 0 Å². The van der Waals surface area contributed by atoms with Crippen LogP contribution < -0.4 is 0 Å². The summed E-state index contributed by atoms with van der Waals surface area (Å²) in [7, 11) is 0. The maximum Gasteiger partial charge on any atom is 0.0621 e. The minimum absolute atomic E-state index is 0.0252. The first-order chi connectivity index (χ1) is 5.62. The van der Waals surface area contributed by atoms with Gasteiger partial charge >= 0.3 is 0 Å². The van der Waals surface area contributed by atoms with Crippen molar-refractivity contribution in [3.05, 3.63) is 0 Å². The second-order valence-corrected chi connectivity index (χ2v) is 5.23. The molecular formula is C11H20O. The number of hydrogen-bond donors (Lipinski definition) is 1. The van der Waals surface area contributed by atoms with Crippen molar-refractivity contribution in [2.75, 3.05) is 0 Å². The molecule has 0 bridgehead atoms. The van der Waals surface area contributed by atoms with E-state index in [0.717, 1.165) is 5.92 Å². The van der Waals surface area contributed by atoms with Crippen molar-refractivity contribution < 1.29 is 5.11 Å². The van der Waals surface area contributed by atoms with Gasteiger partial charge in [-0.25, -0.2) is 0 Å². The van der Waals surface area contributed by atoms with Gasteiger partial charge in [-0.15, -0.1) is 0 Å².